The van der Waals surface area contributed by atoms with E-state index in [1.54, 1.807) is 115 Å². The number of nitrogens with two attached hydrogens (primary N) is 2. The maximum absolute atomic E-state index is 14.3. The van der Waals surface area contributed by atoms with Crippen LogP contribution in [-0.4, -0.2) is 184 Å². The number of aromatic hydroxyl groups is 1. The van der Waals surface area contributed by atoms with Gasteiger partial charge in [0.2, 0.25) is 0 Å². The summed E-state index contributed by atoms with van der Waals surface area (Å²) in [6.07, 6.45) is 6.16. The standard InChI is InChI=1S/C20H16ClFN2O5S.C19H14ClFN2O5S.C18H12ClFN2O5S.C11H9FN2.C9H8Cl2O5S.C6H7BO2.C5H4ClFN2.C3H7N.CH4O.BBr3.Na.H2O/c1-28-19-14(21)8-13(20(25)29-2)9-18(19)30(26,27)24-17-10-16(23-11-15(17)22)12-6-4-3-5-7-12;1-28-18-13(20)7-12(19(24)25)8-17(18)29(26,27)23-16-9-15(22-10-14(16)21)11-5-3-2-4-6-11;19-12-6-11(18(24)25)7-16(17(12)23)28(26,27)22-15-8-14(21-9-13(15)20)10-4-2-1-3-5-10;12-9-7-14-11(6-10(9)13)8-4-2-1-3-5-8;1-15-8-6(10)3-5(9(12)16-2)4-7(8)17(11,13)14;8-7(9)6-4-2-1-3-5-6;6-5-1-4(8)3(7)2-9-5;1-2-4-3-1;1-2;2-1(3)4;;/h3-11H,1-2H3,(H,23,24);2-10H,1H3,(H,22,23)(H,24,25);1-9,23H,(H,21,22)(H,24,25);1-7H,(H2,13,14);3-4H,1-2H3;1-5,8-9H;1-2H,(H2,8,9);4H,1-3H2;2H,1H3;;;1H2/q;;;;;;;;;;+1;/p-1. The number of carboxylic acid groups (broad SMARTS) is 2. The van der Waals surface area contributed by atoms with Crippen molar-refractivity contribution in [3.8, 4) is 68.0 Å². The van der Waals surface area contributed by atoms with Crippen molar-refractivity contribution < 1.29 is 164 Å². The van der Waals surface area contributed by atoms with Crippen LogP contribution >= 0.6 is 116 Å². The SMILES string of the molecule is BrB(Br)Br.C1CNC1.CO.COC(=O)c1cc(Cl)c(OC)c(S(=O)(=O)Cl)c1.COC(=O)c1cc(Cl)c(OC)c(S(=O)(=O)Nc2cc(-c3ccccc3)ncc2F)c1.COc1c(Cl)cc(C(=O)O)cc1S(=O)(=O)Nc1cc(-c2ccccc2)ncc1F.Nc1cc(-c2ccccc2)ncc1F.Nc1cc(Cl)ncc1F.O=C(O)c1cc(Cl)c(O)c(S(=O)(=O)Nc2cc(-c3ccccc3)ncc2F)c1.OB(O)c1ccccc1.[Na+].[OH-]. The Balaban J connectivity index is 0.000000365. The van der Waals surface area contributed by atoms with E-state index in [1.165, 1.54) is 83.3 Å². The average molecular weight is 2450 g/mol. The van der Waals surface area contributed by atoms with Gasteiger partial charge >= 0.3 is 63.7 Å². The van der Waals surface area contributed by atoms with Crippen LogP contribution in [0.25, 0.3) is 45.0 Å². The first-order valence-electron chi connectivity index (χ1n) is 40.5. The number of hydrogen-bond donors (Lipinski definition) is 12. The van der Waals surface area contributed by atoms with Crippen LogP contribution in [0.1, 0.15) is 47.9 Å². The molecule has 0 radical (unpaired) electrons. The molecule has 1 aliphatic rings. The second-order valence-corrected chi connectivity index (χ2v) is 43.9. The van der Waals surface area contributed by atoms with E-state index in [-0.39, 0.29) is 120 Å². The van der Waals surface area contributed by atoms with Gasteiger partial charge in [0, 0.05) is 46.1 Å². The summed E-state index contributed by atoms with van der Waals surface area (Å²) >= 11 is 38.2. The Bertz CT molecular complexity index is 7360. The number of halogens is 14. The Labute approximate surface area is 922 Å². The fraction of sp³-hybridized carbons (Fsp3) is 0.0978. The molecule has 56 heteroatoms. The van der Waals surface area contributed by atoms with Crippen LogP contribution in [0.15, 0.2) is 281 Å². The molecule has 0 bridgehead atoms. The Morgan fingerprint density at radius 3 is 0.932 bits per heavy atom. The van der Waals surface area contributed by atoms with Crippen molar-refractivity contribution in [3.63, 3.8) is 0 Å². The molecule has 148 heavy (non-hydrogen) atoms. The third-order valence-corrected chi connectivity index (χ3v) is 25.0. The van der Waals surface area contributed by atoms with Crippen molar-refractivity contribution in [2.75, 3.05) is 81.4 Å². The van der Waals surface area contributed by atoms with Gasteiger partial charge in [-0.05, 0) is 97.8 Å². The predicted molar refractivity (Wildman–Crippen MR) is 562 cm³/mol. The number of nitrogens with one attached hydrogen (secondary N) is 4. The smallest absolute Gasteiger partial charge is 0.870 e. The molecule has 0 unspecified atom stereocenters. The van der Waals surface area contributed by atoms with Gasteiger partial charge in [0.1, 0.15) is 24.7 Å². The molecule has 35 nitrogen and oxygen atoms in total. The van der Waals surface area contributed by atoms with E-state index in [9.17, 15) is 85.0 Å². The van der Waals surface area contributed by atoms with Crippen LogP contribution in [0, 0.1) is 29.1 Å². The van der Waals surface area contributed by atoms with Crippen molar-refractivity contribution >= 4 is 223 Å². The fourth-order valence-corrected chi connectivity index (χ4v) is 17.6. The van der Waals surface area contributed by atoms with Crippen molar-refractivity contribution in [2.24, 2.45) is 0 Å². The minimum atomic E-state index is -4.56. The normalized spacial score (nSPS) is 10.8. The Morgan fingerprint density at radius 1 is 0.405 bits per heavy atom. The number of methoxy groups -OCH3 is 5. The summed E-state index contributed by atoms with van der Waals surface area (Å²) in [4.78, 5) is 62.7. The summed E-state index contributed by atoms with van der Waals surface area (Å²) in [7, 11) is -6.66. The first kappa shape index (κ1) is 129. The van der Waals surface area contributed by atoms with E-state index in [2.05, 4.69) is 96.4 Å². The maximum Gasteiger partial charge on any atom is 1.00 e. The zero-order valence-electron chi connectivity index (χ0n) is 77.5. The van der Waals surface area contributed by atoms with Gasteiger partial charge in [-0.25, -0.2) is 79.8 Å². The monoisotopic (exact) mass is 2440 g/mol. The van der Waals surface area contributed by atoms with Gasteiger partial charge in [0.25, 0.3) is 39.1 Å². The van der Waals surface area contributed by atoms with Crippen LogP contribution < -0.4 is 80.2 Å². The number of carbonyl (C=O) groups is 4. The molecule has 14 aromatic rings. The number of esters is 2. The first-order chi connectivity index (χ1) is 69.0. The molecule has 0 amide bonds. The number of ether oxygens (including phenoxy) is 5. The Kier molecular flexibility index (Phi) is 54.0. The number of carboxylic acids is 2. The van der Waals surface area contributed by atoms with Crippen molar-refractivity contribution in [2.45, 2.75) is 26.0 Å². The molecule has 778 valence electrons. The molecule has 9 aromatic carbocycles. The minimum Gasteiger partial charge on any atom is -0.870 e. The third kappa shape index (κ3) is 39.4. The molecular weight excluding hydrogens is 2360 g/mol. The molecule has 15 N–H and O–H groups in total. The average Bonchev–Trinajstić information content (AvgIpc) is 0.784. The number of rotatable bonds is 22. The van der Waals surface area contributed by atoms with E-state index in [1.807, 2.05) is 41.1 Å². The molecule has 0 aliphatic carbocycles. The van der Waals surface area contributed by atoms with Crippen molar-refractivity contribution in [3.05, 3.63) is 338 Å². The number of anilines is 5. The molecule has 6 heterocycles. The second-order valence-electron chi connectivity index (χ2n) is 28.0. The van der Waals surface area contributed by atoms with Crippen LogP contribution in [0.4, 0.5) is 50.4 Å². The number of sulfonamides is 3. The van der Waals surface area contributed by atoms with Crippen LogP contribution in [0.3, 0.4) is 0 Å². The number of hydrogen-bond acceptors (Lipinski definition) is 30. The van der Waals surface area contributed by atoms with Crippen LogP contribution in [0.5, 0.6) is 23.0 Å². The van der Waals surface area contributed by atoms with E-state index in [0.29, 0.717) is 44.9 Å². The third-order valence-electron chi connectivity index (χ3n) is 18.3. The quantitative estimate of drug-likeness (QED) is 0.00985. The van der Waals surface area contributed by atoms with E-state index < -0.39 is 136 Å². The summed E-state index contributed by atoms with van der Waals surface area (Å²) in [5, 5.41) is 54.8. The Hall–Kier alpha value is -11.6. The van der Waals surface area contributed by atoms with Gasteiger partial charge in [-0.2, -0.15) is 0 Å². The largest absolute Gasteiger partial charge is 1.00 e. The minimum absolute atomic E-state index is 0. The molecule has 1 saturated heterocycles. The zero-order chi connectivity index (χ0) is 109. The van der Waals surface area contributed by atoms with Gasteiger partial charge in [-0.15, -0.1) is 47.3 Å². The molecule has 1 fully saturated rings. The summed E-state index contributed by atoms with van der Waals surface area (Å²) in [6, 6.07) is 59.0. The van der Waals surface area contributed by atoms with Gasteiger partial charge in [0.05, 0.1) is 160 Å². The summed E-state index contributed by atoms with van der Waals surface area (Å²) < 4.78 is 198. The molecule has 0 spiro atoms. The molecule has 0 atom stereocenters. The number of nitrogens with zero attached hydrogens (tertiary/aromatic N) is 5. The number of nitrogen functional groups attached to an aromatic ring is 2. The molecule has 15 rings (SSSR count). The van der Waals surface area contributed by atoms with Gasteiger partial charge in [-0.3, -0.25) is 34.1 Å². The molecular formula is C92H82B2Br3Cl6F5N11NaO24S4. The van der Waals surface area contributed by atoms with E-state index >= 15 is 0 Å². The number of phenols is 1. The number of aliphatic hydroxyl groups is 1. The molecule has 5 aromatic heterocycles. The summed E-state index contributed by atoms with van der Waals surface area (Å²) in [5.74, 6) is -9.55. The maximum atomic E-state index is 14.3. The number of benzene rings is 9. The number of pyridine rings is 5. The van der Waals surface area contributed by atoms with Crippen LogP contribution in [0.2, 0.25) is 25.2 Å². The van der Waals surface area contributed by atoms with Gasteiger partial charge < -0.3 is 76.4 Å². The number of aromatic nitrogens is 5. The van der Waals surface area contributed by atoms with Gasteiger partial charge in [0.15, 0.2) is 52.1 Å². The predicted octanol–water partition coefficient (Wildman–Crippen LogP) is 15.9. The number of carbonyl (C=O) groups excluding carboxylic acids is 2. The number of aromatic carboxylic acids is 2. The molecule has 1 aliphatic heterocycles. The summed E-state index contributed by atoms with van der Waals surface area (Å²) in [6.45, 7) is 2.50. The van der Waals surface area contributed by atoms with Crippen molar-refractivity contribution in [1.82, 2.24) is 30.2 Å². The topological polar surface area (TPSA) is 567 Å². The Morgan fingerprint density at radius 2 is 0.662 bits per heavy atom. The molecule has 0 saturated carbocycles. The van der Waals surface area contributed by atoms with E-state index in [0.717, 1.165) is 94.3 Å². The fourth-order valence-electron chi connectivity index (χ4n) is 11.3. The number of aliphatic hydroxyl groups excluding tert-OH is 1. The zero-order valence-corrected chi connectivity index (χ0v) is 92.0. The number of phenolic OH excluding ortho intramolecular Hbond substituents is 1. The van der Waals surface area contributed by atoms with Crippen LogP contribution in [-0.2, 0) is 48.6 Å². The van der Waals surface area contributed by atoms with Crippen molar-refractivity contribution in [1.29, 1.82) is 0 Å². The van der Waals surface area contributed by atoms with E-state index in [4.69, 9.17) is 115 Å². The first-order valence-corrected chi connectivity index (χ1v) is 51.9. The summed E-state index contributed by atoms with van der Waals surface area (Å²) in [5.41, 5.74) is 13.7. The van der Waals surface area contributed by atoms with Gasteiger partial charge in [-0.1, -0.05) is 210 Å². The second kappa shape index (κ2) is 62.1.